The van der Waals surface area contributed by atoms with Crippen molar-refractivity contribution in [3.8, 4) is 0 Å². The molecule has 0 aliphatic heterocycles. The van der Waals surface area contributed by atoms with Crippen LogP contribution in [0.4, 0.5) is 0 Å². The maximum Gasteiger partial charge on any atom is 0.250 e. The van der Waals surface area contributed by atoms with Crippen LogP contribution in [-0.4, -0.2) is 27.7 Å². The molecule has 5 heteroatoms. The summed E-state index contributed by atoms with van der Waals surface area (Å²) in [5.74, 6) is 0.376. The van der Waals surface area contributed by atoms with E-state index < -0.39 is 5.60 Å². The number of nitrogens with zero attached hydrogens (tertiary/aromatic N) is 1. The van der Waals surface area contributed by atoms with Crippen molar-refractivity contribution in [2.75, 3.05) is 6.54 Å². The van der Waals surface area contributed by atoms with Crippen molar-refractivity contribution >= 4 is 5.91 Å². The first-order valence-electron chi connectivity index (χ1n) is 7.63. The lowest BCUT2D eigenvalue weighted by atomic mass is 9.79. The fourth-order valence-electron chi connectivity index (χ4n) is 3.01. The third-order valence-corrected chi connectivity index (χ3v) is 4.16. The van der Waals surface area contributed by atoms with Gasteiger partial charge in [0.2, 0.25) is 5.91 Å². The van der Waals surface area contributed by atoms with Crippen molar-refractivity contribution in [2.45, 2.75) is 51.2 Å². The van der Waals surface area contributed by atoms with Gasteiger partial charge in [-0.3, -0.25) is 9.59 Å². The Morgan fingerprint density at radius 3 is 3.05 bits per heavy atom. The molecule has 1 aliphatic carbocycles. The van der Waals surface area contributed by atoms with Gasteiger partial charge in [-0.25, -0.2) is 0 Å². The zero-order chi connectivity index (χ0) is 15.3. The molecule has 21 heavy (non-hydrogen) atoms. The highest BCUT2D eigenvalue weighted by molar-refractivity contribution is 5.75. The van der Waals surface area contributed by atoms with Crippen molar-refractivity contribution in [1.29, 1.82) is 0 Å². The molecule has 2 rings (SSSR count). The maximum atomic E-state index is 11.9. The first kappa shape index (κ1) is 15.8. The monoisotopic (exact) mass is 292 g/mol. The Labute approximate surface area is 125 Å². The quantitative estimate of drug-likeness (QED) is 0.859. The first-order chi connectivity index (χ1) is 9.98. The summed E-state index contributed by atoms with van der Waals surface area (Å²) in [5.41, 5.74) is -0.873. The molecule has 1 heterocycles. The van der Waals surface area contributed by atoms with Crippen LogP contribution >= 0.6 is 0 Å². The number of hydrogen-bond donors (Lipinski definition) is 2. The number of aromatic nitrogens is 1. The molecule has 1 saturated carbocycles. The molecule has 2 unspecified atom stereocenters. The second-order valence-electron chi connectivity index (χ2n) is 6.18. The Morgan fingerprint density at radius 2 is 2.33 bits per heavy atom. The molecular formula is C16H24N2O3. The molecule has 0 bridgehead atoms. The van der Waals surface area contributed by atoms with Crippen LogP contribution in [0.25, 0.3) is 0 Å². The summed E-state index contributed by atoms with van der Waals surface area (Å²) in [6, 6.07) is 4.92. The lowest BCUT2D eigenvalue weighted by Gasteiger charge is -2.35. The zero-order valence-corrected chi connectivity index (χ0v) is 12.5. The largest absolute Gasteiger partial charge is 0.388 e. The van der Waals surface area contributed by atoms with Crippen molar-refractivity contribution in [1.82, 2.24) is 9.88 Å². The Morgan fingerprint density at radius 1 is 1.52 bits per heavy atom. The topological polar surface area (TPSA) is 71.3 Å². The Bertz CT molecular complexity index is 540. The van der Waals surface area contributed by atoms with Gasteiger partial charge in [0.05, 0.1) is 5.60 Å². The second kappa shape index (κ2) is 6.89. The van der Waals surface area contributed by atoms with Gasteiger partial charge in [0.1, 0.15) is 0 Å². The minimum absolute atomic E-state index is 0.106. The van der Waals surface area contributed by atoms with Crippen molar-refractivity contribution in [3.63, 3.8) is 0 Å². The van der Waals surface area contributed by atoms with E-state index >= 15 is 0 Å². The summed E-state index contributed by atoms with van der Waals surface area (Å²) < 4.78 is 1.51. The highest BCUT2D eigenvalue weighted by Crippen LogP contribution is 2.31. The molecule has 1 aromatic rings. The molecule has 1 aromatic heterocycles. The Kier molecular flexibility index (Phi) is 5.17. The predicted octanol–water partition coefficient (Wildman–Crippen LogP) is 1.30. The maximum absolute atomic E-state index is 11.9. The van der Waals surface area contributed by atoms with Crippen LogP contribution in [-0.2, 0) is 11.3 Å². The molecule has 5 nitrogen and oxygen atoms in total. The van der Waals surface area contributed by atoms with Crippen molar-refractivity contribution in [3.05, 3.63) is 34.7 Å². The fraction of sp³-hybridized carbons (Fsp3) is 0.625. The minimum atomic E-state index is -0.767. The van der Waals surface area contributed by atoms with Gasteiger partial charge in [0, 0.05) is 31.8 Å². The third kappa shape index (κ3) is 4.70. The molecule has 0 aromatic carbocycles. The number of nitrogens with one attached hydrogen (secondary N) is 1. The van der Waals surface area contributed by atoms with E-state index in [0.717, 1.165) is 25.7 Å². The Balaban J connectivity index is 1.77. The number of aliphatic hydroxyl groups is 1. The van der Waals surface area contributed by atoms with Crippen LogP contribution in [0, 0.1) is 5.92 Å². The van der Waals surface area contributed by atoms with E-state index in [1.54, 1.807) is 18.3 Å². The predicted molar refractivity (Wildman–Crippen MR) is 80.9 cm³/mol. The number of amides is 1. The van der Waals surface area contributed by atoms with Gasteiger partial charge in [0.25, 0.3) is 5.56 Å². The number of rotatable bonds is 5. The number of carbonyl (C=O) groups is 1. The van der Waals surface area contributed by atoms with E-state index in [1.807, 2.05) is 0 Å². The van der Waals surface area contributed by atoms with Gasteiger partial charge >= 0.3 is 0 Å². The molecule has 1 amide bonds. The minimum Gasteiger partial charge on any atom is -0.388 e. The highest BCUT2D eigenvalue weighted by Gasteiger charge is 2.32. The number of hydrogen-bond acceptors (Lipinski definition) is 3. The second-order valence-corrected chi connectivity index (χ2v) is 6.18. The number of carbonyl (C=O) groups excluding carboxylic acids is 1. The van der Waals surface area contributed by atoms with Gasteiger partial charge < -0.3 is 15.0 Å². The van der Waals surface area contributed by atoms with Crippen LogP contribution in [0.1, 0.15) is 39.0 Å². The lowest BCUT2D eigenvalue weighted by Crippen LogP contribution is -2.46. The van der Waals surface area contributed by atoms with E-state index in [4.69, 9.17) is 0 Å². The lowest BCUT2D eigenvalue weighted by molar-refractivity contribution is -0.123. The molecule has 0 saturated heterocycles. The van der Waals surface area contributed by atoms with Gasteiger partial charge in [-0.15, -0.1) is 0 Å². The summed E-state index contributed by atoms with van der Waals surface area (Å²) in [5, 5.41) is 13.2. The van der Waals surface area contributed by atoms with Gasteiger partial charge in [0.15, 0.2) is 0 Å². The van der Waals surface area contributed by atoms with E-state index in [0.29, 0.717) is 19.0 Å². The molecule has 0 radical (unpaired) electrons. The molecule has 0 spiro atoms. The van der Waals surface area contributed by atoms with Crippen LogP contribution in [0.5, 0.6) is 0 Å². The average Bonchev–Trinajstić information content (AvgIpc) is 2.44. The first-order valence-corrected chi connectivity index (χ1v) is 7.63. The van der Waals surface area contributed by atoms with Crippen LogP contribution in [0.2, 0.25) is 0 Å². The average molecular weight is 292 g/mol. The molecule has 116 valence electrons. The SMILES string of the molecule is CC1CCCC(O)(CNC(=O)CCn2ccccc2=O)C1. The number of pyridine rings is 1. The summed E-state index contributed by atoms with van der Waals surface area (Å²) in [6.45, 7) is 2.80. The third-order valence-electron chi connectivity index (χ3n) is 4.16. The Hall–Kier alpha value is -1.62. The summed E-state index contributed by atoms with van der Waals surface area (Å²) in [7, 11) is 0. The molecule has 1 aliphatic rings. The van der Waals surface area contributed by atoms with Gasteiger partial charge in [-0.1, -0.05) is 25.8 Å². The standard InChI is InChI=1S/C16H24N2O3/c1-13-5-4-8-16(21,11-13)12-17-14(19)7-10-18-9-3-2-6-15(18)20/h2-3,6,9,13,21H,4-5,7-8,10-12H2,1H3,(H,17,19). The molecule has 2 N–H and O–H groups in total. The number of aryl methyl sites for hydroxylation is 1. The normalized spacial score (nSPS) is 25.5. The van der Waals surface area contributed by atoms with E-state index in [9.17, 15) is 14.7 Å². The van der Waals surface area contributed by atoms with Gasteiger partial charge in [-0.2, -0.15) is 0 Å². The smallest absolute Gasteiger partial charge is 0.250 e. The van der Waals surface area contributed by atoms with Crippen molar-refractivity contribution in [2.24, 2.45) is 5.92 Å². The van der Waals surface area contributed by atoms with E-state index in [1.165, 1.54) is 10.6 Å². The molecular weight excluding hydrogens is 268 g/mol. The molecule has 2 atom stereocenters. The summed E-state index contributed by atoms with van der Waals surface area (Å²) in [4.78, 5) is 23.4. The van der Waals surface area contributed by atoms with E-state index in [2.05, 4.69) is 12.2 Å². The molecule has 1 fully saturated rings. The van der Waals surface area contributed by atoms with Crippen LogP contribution < -0.4 is 10.9 Å². The van der Waals surface area contributed by atoms with Gasteiger partial charge in [-0.05, 0) is 24.8 Å². The van der Waals surface area contributed by atoms with E-state index in [-0.39, 0.29) is 17.9 Å². The highest BCUT2D eigenvalue weighted by atomic mass is 16.3. The van der Waals surface area contributed by atoms with Crippen molar-refractivity contribution < 1.29 is 9.90 Å². The summed E-state index contributed by atoms with van der Waals surface area (Å²) >= 11 is 0. The summed E-state index contributed by atoms with van der Waals surface area (Å²) in [6.07, 6.45) is 5.56. The zero-order valence-electron chi connectivity index (χ0n) is 12.5. The fourth-order valence-corrected chi connectivity index (χ4v) is 3.01. The van der Waals surface area contributed by atoms with Crippen LogP contribution in [0.3, 0.4) is 0 Å². The van der Waals surface area contributed by atoms with Crippen LogP contribution in [0.15, 0.2) is 29.2 Å².